The lowest BCUT2D eigenvalue weighted by atomic mass is 10.00. The maximum atomic E-state index is 13.6. The molecule has 2 aromatic rings. The molecule has 0 radical (unpaired) electrons. The number of hydrogen-bond donors (Lipinski definition) is 1. The van der Waals surface area contributed by atoms with E-state index in [0.29, 0.717) is 17.2 Å². The lowest BCUT2D eigenvalue weighted by molar-refractivity contribution is -0.115. The predicted octanol–water partition coefficient (Wildman–Crippen LogP) is 3.03. The SMILES string of the molecule is CC1CCN(c2ncc(NC(=O)Cc3ccccc3F)cn2)CC1. The number of nitrogens with zero attached hydrogens (tertiary/aromatic N) is 3. The summed E-state index contributed by atoms with van der Waals surface area (Å²) in [5.41, 5.74) is 0.889. The molecule has 0 spiro atoms. The number of anilines is 2. The first kappa shape index (κ1) is 16.4. The van der Waals surface area contributed by atoms with Gasteiger partial charge in [0.2, 0.25) is 11.9 Å². The Morgan fingerprint density at radius 3 is 2.58 bits per heavy atom. The van der Waals surface area contributed by atoms with Gasteiger partial charge in [-0.1, -0.05) is 25.1 Å². The molecule has 1 aromatic heterocycles. The van der Waals surface area contributed by atoms with Crippen molar-refractivity contribution in [2.45, 2.75) is 26.2 Å². The van der Waals surface area contributed by atoms with Crippen LogP contribution in [-0.4, -0.2) is 29.0 Å². The Bertz CT molecular complexity index is 696. The number of piperidine rings is 1. The molecule has 1 N–H and O–H groups in total. The zero-order valence-electron chi connectivity index (χ0n) is 13.7. The number of nitrogens with one attached hydrogen (secondary N) is 1. The molecule has 1 aliphatic rings. The van der Waals surface area contributed by atoms with Crippen LogP contribution in [0.3, 0.4) is 0 Å². The summed E-state index contributed by atoms with van der Waals surface area (Å²) in [6.07, 6.45) is 5.46. The Morgan fingerprint density at radius 2 is 1.92 bits per heavy atom. The summed E-state index contributed by atoms with van der Waals surface area (Å²) in [7, 11) is 0. The Balaban J connectivity index is 1.58. The highest BCUT2D eigenvalue weighted by Crippen LogP contribution is 2.20. The first-order valence-corrected chi connectivity index (χ1v) is 8.22. The summed E-state index contributed by atoms with van der Waals surface area (Å²) in [6, 6.07) is 6.26. The highest BCUT2D eigenvalue weighted by atomic mass is 19.1. The monoisotopic (exact) mass is 328 g/mol. The Kier molecular flexibility index (Phi) is 5.03. The number of rotatable bonds is 4. The van der Waals surface area contributed by atoms with E-state index in [2.05, 4.69) is 27.1 Å². The van der Waals surface area contributed by atoms with Gasteiger partial charge in [0.15, 0.2) is 0 Å². The van der Waals surface area contributed by atoms with Gasteiger partial charge in [-0.05, 0) is 30.4 Å². The molecule has 0 saturated carbocycles. The molecule has 0 unspecified atom stereocenters. The van der Waals surface area contributed by atoms with Crippen LogP contribution in [0.5, 0.6) is 0 Å². The van der Waals surface area contributed by atoms with E-state index in [-0.39, 0.29) is 18.1 Å². The fourth-order valence-electron chi connectivity index (χ4n) is 2.78. The number of carbonyl (C=O) groups excluding carboxylic acids is 1. The van der Waals surface area contributed by atoms with E-state index in [9.17, 15) is 9.18 Å². The van der Waals surface area contributed by atoms with E-state index in [4.69, 9.17) is 0 Å². The zero-order chi connectivity index (χ0) is 16.9. The van der Waals surface area contributed by atoms with Gasteiger partial charge in [0.05, 0.1) is 24.5 Å². The molecule has 24 heavy (non-hydrogen) atoms. The van der Waals surface area contributed by atoms with Crippen LogP contribution in [0.2, 0.25) is 0 Å². The number of hydrogen-bond acceptors (Lipinski definition) is 4. The van der Waals surface area contributed by atoms with Crippen molar-refractivity contribution in [3.8, 4) is 0 Å². The van der Waals surface area contributed by atoms with Crippen molar-refractivity contribution in [2.24, 2.45) is 5.92 Å². The molecular formula is C18H21FN4O. The fraction of sp³-hybridized carbons (Fsp3) is 0.389. The van der Waals surface area contributed by atoms with Crippen molar-refractivity contribution in [1.29, 1.82) is 0 Å². The third-order valence-electron chi connectivity index (χ3n) is 4.30. The number of benzene rings is 1. The third kappa shape index (κ3) is 4.07. The Labute approximate surface area is 140 Å². The van der Waals surface area contributed by atoms with Crippen molar-refractivity contribution in [3.05, 3.63) is 48.0 Å². The molecule has 5 nitrogen and oxygen atoms in total. The number of carbonyl (C=O) groups is 1. The molecule has 0 atom stereocenters. The van der Waals surface area contributed by atoms with Crippen LogP contribution in [0.4, 0.5) is 16.0 Å². The van der Waals surface area contributed by atoms with Crippen molar-refractivity contribution < 1.29 is 9.18 Å². The minimum atomic E-state index is -0.376. The molecule has 1 amide bonds. The lowest BCUT2D eigenvalue weighted by Gasteiger charge is -2.30. The van der Waals surface area contributed by atoms with Gasteiger partial charge >= 0.3 is 0 Å². The first-order chi connectivity index (χ1) is 11.6. The van der Waals surface area contributed by atoms with Crippen LogP contribution >= 0.6 is 0 Å². The molecule has 1 saturated heterocycles. The van der Waals surface area contributed by atoms with Gasteiger partial charge in [-0.25, -0.2) is 14.4 Å². The summed E-state index contributed by atoms with van der Waals surface area (Å²) < 4.78 is 13.6. The van der Waals surface area contributed by atoms with Gasteiger partial charge in [0, 0.05) is 13.1 Å². The Hall–Kier alpha value is -2.50. The van der Waals surface area contributed by atoms with Crippen molar-refractivity contribution in [1.82, 2.24) is 9.97 Å². The topological polar surface area (TPSA) is 58.1 Å². The van der Waals surface area contributed by atoms with Crippen molar-refractivity contribution in [2.75, 3.05) is 23.3 Å². The summed E-state index contributed by atoms with van der Waals surface area (Å²) >= 11 is 0. The van der Waals surface area contributed by atoms with Crippen molar-refractivity contribution in [3.63, 3.8) is 0 Å². The molecular weight excluding hydrogens is 307 g/mol. The number of amides is 1. The molecule has 1 fully saturated rings. The summed E-state index contributed by atoms with van der Waals surface area (Å²) in [5.74, 6) is 0.772. The van der Waals surface area contributed by atoms with Crippen LogP contribution in [0.25, 0.3) is 0 Å². The molecule has 0 aliphatic carbocycles. The first-order valence-electron chi connectivity index (χ1n) is 8.22. The highest BCUT2D eigenvalue weighted by molar-refractivity contribution is 5.92. The van der Waals surface area contributed by atoms with E-state index in [0.717, 1.165) is 31.8 Å². The van der Waals surface area contributed by atoms with Gasteiger partial charge in [-0.15, -0.1) is 0 Å². The molecule has 1 aromatic carbocycles. The average molecular weight is 328 g/mol. The summed E-state index contributed by atoms with van der Waals surface area (Å²) in [6.45, 7) is 4.17. The van der Waals surface area contributed by atoms with Crippen LogP contribution in [0.1, 0.15) is 25.3 Å². The fourth-order valence-corrected chi connectivity index (χ4v) is 2.78. The second kappa shape index (κ2) is 7.38. The second-order valence-electron chi connectivity index (χ2n) is 6.26. The van der Waals surface area contributed by atoms with Gasteiger partial charge in [-0.3, -0.25) is 4.79 Å². The normalized spacial score (nSPS) is 15.3. The van der Waals surface area contributed by atoms with Gasteiger partial charge in [0.1, 0.15) is 5.82 Å². The maximum absolute atomic E-state index is 13.6. The van der Waals surface area contributed by atoms with E-state index in [1.54, 1.807) is 30.6 Å². The maximum Gasteiger partial charge on any atom is 0.228 e. The zero-order valence-corrected chi connectivity index (χ0v) is 13.7. The summed E-state index contributed by atoms with van der Waals surface area (Å²) in [4.78, 5) is 22.8. The third-order valence-corrected chi connectivity index (χ3v) is 4.30. The molecule has 6 heteroatoms. The molecule has 3 rings (SSSR count). The van der Waals surface area contributed by atoms with E-state index >= 15 is 0 Å². The van der Waals surface area contributed by atoms with Crippen LogP contribution < -0.4 is 10.2 Å². The number of aromatic nitrogens is 2. The van der Waals surface area contributed by atoms with E-state index in [1.807, 2.05) is 0 Å². The lowest BCUT2D eigenvalue weighted by Crippen LogP contribution is -2.34. The van der Waals surface area contributed by atoms with Gasteiger partial charge in [-0.2, -0.15) is 0 Å². The smallest absolute Gasteiger partial charge is 0.228 e. The number of halogens is 1. The van der Waals surface area contributed by atoms with Crippen LogP contribution in [0, 0.1) is 11.7 Å². The summed E-state index contributed by atoms with van der Waals surface area (Å²) in [5, 5.41) is 2.71. The minimum absolute atomic E-state index is 0.0154. The van der Waals surface area contributed by atoms with Gasteiger partial charge in [0.25, 0.3) is 0 Å². The van der Waals surface area contributed by atoms with E-state index < -0.39 is 0 Å². The van der Waals surface area contributed by atoms with Crippen LogP contribution in [0.15, 0.2) is 36.7 Å². The molecule has 1 aliphatic heterocycles. The van der Waals surface area contributed by atoms with E-state index in [1.165, 1.54) is 6.07 Å². The Morgan fingerprint density at radius 1 is 1.25 bits per heavy atom. The molecule has 2 heterocycles. The second-order valence-corrected chi connectivity index (χ2v) is 6.26. The average Bonchev–Trinajstić information content (AvgIpc) is 2.58. The minimum Gasteiger partial charge on any atom is -0.341 e. The van der Waals surface area contributed by atoms with Crippen LogP contribution in [-0.2, 0) is 11.2 Å². The molecule has 0 bridgehead atoms. The predicted molar refractivity (Wildman–Crippen MR) is 91.4 cm³/mol. The standard InChI is InChI=1S/C18H21FN4O/c1-13-6-8-23(9-7-13)18-20-11-15(12-21-18)22-17(24)10-14-4-2-3-5-16(14)19/h2-5,11-13H,6-10H2,1H3,(H,22,24). The van der Waals surface area contributed by atoms with Gasteiger partial charge < -0.3 is 10.2 Å². The van der Waals surface area contributed by atoms with Crippen molar-refractivity contribution >= 4 is 17.5 Å². The molecule has 126 valence electrons. The quantitative estimate of drug-likeness (QED) is 0.937. The largest absolute Gasteiger partial charge is 0.341 e. The highest BCUT2D eigenvalue weighted by Gasteiger charge is 2.18.